The Morgan fingerprint density at radius 3 is 2.71 bits per heavy atom. The second-order valence-electron chi connectivity index (χ2n) is 6.67. The Morgan fingerprint density at radius 2 is 2.07 bits per heavy atom. The number of methoxy groups -OCH3 is 1. The number of nitrogens with zero attached hydrogens (tertiary/aromatic N) is 1. The number of nitrogens with one attached hydrogen (secondary N) is 2. The number of ether oxygens (including phenoxy) is 1. The third-order valence-electron chi connectivity index (χ3n) is 4.42. The molecule has 0 aliphatic heterocycles. The highest BCUT2D eigenvalue weighted by Gasteiger charge is 2.33. The zero-order chi connectivity index (χ0) is 20.3. The fourth-order valence-corrected chi connectivity index (χ4v) is 2.95. The van der Waals surface area contributed by atoms with Gasteiger partial charge in [-0.15, -0.1) is 0 Å². The van der Waals surface area contributed by atoms with E-state index >= 15 is 0 Å². The molecular formula is C20H21N3O5. The number of hydrogen-bond donors (Lipinski definition) is 3. The van der Waals surface area contributed by atoms with Gasteiger partial charge in [0.2, 0.25) is 0 Å². The van der Waals surface area contributed by atoms with Gasteiger partial charge in [0.25, 0.3) is 5.91 Å². The summed E-state index contributed by atoms with van der Waals surface area (Å²) in [7, 11) is 1.52. The summed E-state index contributed by atoms with van der Waals surface area (Å²) < 4.78 is 10.7. The van der Waals surface area contributed by atoms with Gasteiger partial charge in [-0.3, -0.25) is 14.7 Å². The number of aliphatic carboxylic acids is 1. The van der Waals surface area contributed by atoms with Gasteiger partial charge < -0.3 is 19.6 Å². The summed E-state index contributed by atoms with van der Waals surface area (Å²) in [6, 6.07) is 12.1. The van der Waals surface area contributed by atoms with Crippen molar-refractivity contribution < 1.29 is 23.8 Å². The number of carbonyl (C=O) groups is 2. The van der Waals surface area contributed by atoms with Crippen molar-refractivity contribution in [2.45, 2.75) is 25.8 Å². The topological polar surface area (TPSA) is 117 Å². The Labute approximate surface area is 161 Å². The minimum atomic E-state index is -1.15. The molecule has 1 atom stereocenters. The van der Waals surface area contributed by atoms with Gasteiger partial charge in [0.15, 0.2) is 11.5 Å². The molecule has 0 aliphatic carbocycles. The lowest BCUT2D eigenvalue weighted by Gasteiger charge is -2.30. The summed E-state index contributed by atoms with van der Waals surface area (Å²) in [6.07, 6.45) is -0.305. The minimum Gasteiger partial charge on any atom is -0.497 e. The van der Waals surface area contributed by atoms with Crippen LogP contribution in [0.4, 0.5) is 0 Å². The number of amides is 1. The van der Waals surface area contributed by atoms with Crippen molar-refractivity contribution in [3.05, 3.63) is 59.5 Å². The summed E-state index contributed by atoms with van der Waals surface area (Å²) in [5, 5.41) is 18.9. The lowest BCUT2D eigenvalue weighted by Crippen LogP contribution is -2.45. The second kappa shape index (κ2) is 7.59. The Bertz CT molecular complexity index is 1010. The normalized spacial score (nSPS) is 13.0. The molecule has 8 heteroatoms. The number of carboxylic acids is 1. The van der Waals surface area contributed by atoms with Gasteiger partial charge in [0.1, 0.15) is 17.2 Å². The predicted octanol–water partition coefficient (Wildman–Crippen LogP) is 3.11. The van der Waals surface area contributed by atoms with E-state index in [2.05, 4.69) is 15.5 Å². The highest BCUT2D eigenvalue weighted by molar-refractivity contribution is 5.94. The Kier molecular flexibility index (Phi) is 5.21. The van der Waals surface area contributed by atoms with Crippen LogP contribution in [0.2, 0.25) is 0 Å². The second-order valence-corrected chi connectivity index (χ2v) is 6.67. The van der Waals surface area contributed by atoms with Gasteiger partial charge >= 0.3 is 5.97 Å². The number of carbonyl (C=O) groups excluding carboxylic acids is 1. The number of rotatable bonds is 7. The molecule has 0 bridgehead atoms. The zero-order valence-electron chi connectivity index (χ0n) is 15.8. The summed E-state index contributed by atoms with van der Waals surface area (Å²) in [6.45, 7) is 3.47. The molecule has 2 heterocycles. The maximum Gasteiger partial charge on any atom is 0.306 e. The predicted molar refractivity (Wildman–Crippen MR) is 101 cm³/mol. The van der Waals surface area contributed by atoms with Crippen molar-refractivity contribution in [1.82, 2.24) is 15.5 Å². The molecule has 8 nitrogen and oxygen atoms in total. The average Bonchev–Trinajstić information content (AvgIpc) is 3.30. The van der Waals surface area contributed by atoms with Crippen LogP contribution in [0.15, 0.2) is 46.9 Å². The smallest absolute Gasteiger partial charge is 0.306 e. The van der Waals surface area contributed by atoms with Gasteiger partial charge in [0, 0.05) is 6.07 Å². The quantitative estimate of drug-likeness (QED) is 0.577. The number of carboxylic acid groups (broad SMARTS) is 1. The van der Waals surface area contributed by atoms with Crippen LogP contribution >= 0.6 is 0 Å². The number of aromatic amines is 1. The fraction of sp³-hybridized carbons (Fsp3) is 0.250. The molecule has 3 N–H and O–H groups in total. The molecule has 146 valence electrons. The van der Waals surface area contributed by atoms with Gasteiger partial charge in [-0.2, -0.15) is 5.10 Å². The monoisotopic (exact) mass is 383 g/mol. The lowest BCUT2D eigenvalue weighted by atomic mass is 9.88. The van der Waals surface area contributed by atoms with E-state index in [0.29, 0.717) is 22.8 Å². The van der Waals surface area contributed by atoms with Crippen LogP contribution in [0, 0.1) is 6.92 Å². The third-order valence-corrected chi connectivity index (χ3v) is 4.42. The first-order chi connectivity index (χ1) is 13.3. The van der Waals surface area contributed by atoms with Crippen molar-refractivity contribution >= 4 is 11.9 Å². The molecule has 1 unspecified atom stereocenters. The van der Waals surface area contributed by atoms with E-state index in [9.17, 15) is 14.7 Å². The van der Waals surface area contributed by atoms with Gasteiger partial charge in [-0.1, -0.05) is 12.1 Å². The molecule has 0 saturated heterocycles. The van der Waals surface area contributed by atoms with Gasteiger partial charge in [0.05, 0.1) is 19.1 Å². The Hall–Kier alpha value is -3.55. The van der Waals surface area contributed by atoms with Crippen LogP contribution in [0.1, 0.15) is 35.2 Å². The molecule has 3 rings (SSSR count). The van der Waals surface area contributed by atoms with Crippen LogP contribution in [0.25, 0.3) is 11.5 Å². The van der Waals surface area contributed by atoms with E-state index in [-0.39, 0.29) is 12.1 Å². The van der Waals surface area contributed by atoms with E-state index in [1.54, 1.807) is 43.3 Å². The summed E-state index contributed by atoms with van der Waals surface area (Å²) in [5.74, 6) is 0.322. The third kappa shape index (κ3) is 4.06. The highest BCUT2D eigenvalue weighted by Crippen LogP contribution is 2.28. The van der Waals surface area contributed by atoms with Crippen molar-refractivity contribution in [3.8, 4) is 17.2 Å². The minimum absolute atomic E-state index is 0.128. The number of aryl methyl sites for hydroxylation is 1. The first-order valence-electron chi connectivity index (χ1n) is 8.62. The first kappa shape index (κ1) is 19.2. The molecule has 1 amide bonds. The summed E-state index contributed by atoms with van der Waals surface area (Å²) in [4.78, 5) is 24.2. The van der Waals surface area contributed by atoms with Gasteiger partial charge in [-0.25, -0.2) is 0 Å². The Balaban J connectivity index is 1.87. The molecule has 28 heavy (non-hydrogen) atoms. The number of aromatic nitrogens is 2. The van der Waals surface area contributed by atoms with E-state index in [0.717, 1.165) is 5.76 Å². The van der Waals surface area contributed by atoms with E-state index < -0.39 is 17.4 Å². The Morgan fingerprint density at radius 1 is 1.29 bits per heavy atom. The number of benzene rings is 1. The van der Waals surface area contributed by atoms with E-state index in [4.69, 9.17) is 9.15 Å². The largest absolute Gasteiger partial charge is 0.497 e. The number of hydrogen-bond acceptors (Lipinski definition) is 5. The molecule has 3 aromatic rings. The molecule has 0 fully saturated rings. The summed E-state index contributed by atoms with van der Waals surface area (Å²) >= 11 is 0. The average molecular weight is 383 g/mol. The first-order valence-corrected chi connectivity index (χ1v) is 8.62. The van der Waals surface area contributed by atoms with E-state index in [1.165, 1.54) is 7.11 Å². The molecule has 2 aromatic heterocycles. The van der Waals surface area contributed by atoms with Crippen LogP contribution in [0.5, 0.6) is 5.75 Å². The zero-order valence-corrected chi connectivity index (χ0v) is 15.8. The lowest BCUT2D eigenvalue weighted by molar-refractivity contribution is -0.138. The fourth-order valence-electron chi connectivity index (χ4n) is 2.95. The SMILES string of the molecule is COc1cccc(C(C)(CC(=O)O)NC(=O)c2cc(-c3ccc(C)o3)[nH]n2)c1. The molecule has 0 spiro atoms. The standard InChI is InChI=1S/C20H21N3O5/c1-12-7-8-17(28-12)15-10-16(23-22-15)19(26)21-20(2,11-18(24)25)13-5-4-6-14(9-13)27-3/h4-10H,11H2,1-3H3,(H,21,26)(H,22,23)(H,24,25). The maximum absolute atomic E-state index is 12.8. The molecule has 0 radical (unpaired) electrons. The number of H-pyrrole nitrogens is 1. The van der Waals surface area contributed by atoms with Crippen LogP contribution in [0.3, 0.4) is 0 Å². The molecule has 1 aromatic carbocycles. The van der Waals surface area contributed by atoms with Gasteiger partial charge in [-0.05, 0) is 43.7 Å². The van der Waals surface area contributed by atoms with Crippen molar-refractivity contribution in [3.63, 3.8) is 0 Å². The van der Waals surface area contributed by atoms with Crippen LogP contribution < -0.4 is 10.1 Å². The molecule has 0 saturated carbocycles. The van der Waals surface area contributed by atoms with Crippen molar-refractivity contribution in [2.24, 2.45) is 0 Å². The molecule has 0 aliphatic rings. The highest BCUT2D eigenvalue weighted by atomic mass is 16.5. The van der Waals surface area contributed by atoms with E-state index in [1.807, 2.05) is 13.0 Å². The number of furan rings is 1. The van der Waals surface area contributed by atoms with Crippen molar-refractivity contribution in [1.29, 1.82) is 0 Å². The van der Waals surface area contributed by atoms with Crippen molar-refractivity contribution in [2.75, 3.05) is 7.11 Å². The van der Waals surface area contributed by atoms with Crippen LogP contribution in [-0.2, 0) is 10.3 Å². The summed E-state index contributed by atoms with van der Waals surface area (Å²) in [5.41, 5.74) is 0.140. The maximum atomic E-state index is 12.8. The molecular weight excluding hydrogens is 362 g/mol. The van der Waals surface area contributed by atoms with Crippen LogP contribution in [-0.4, -0.2) is 34.3 Å².